The van der Waals surface area contributed by atoms with Crippen LogP contribution in [-0.4, -0.2) is 43.4 Å². The first kappa shape index (κ1) is 17.6. The summed E-state index contributed by atoms with van der Waals surface area (Å²) in [6.45, 7) is 0. The monoisotopic (exact) mass is 347 g/mol. The highest BCUT2D eigenvalue weighted by Gasteiger charge is 2.18. The largest absolute Gasteiger partial charge is 0.508 e. The van der Waals surface area contributed by atoms with Gasteiger partial charge in [0.1, 0.15) is 22.8 Å². The van der Waals surface area contributed by atoms with Crippen LogP contribution in [-0.2, 0) is 11.2 Å². The SMILES string of the molecule is O=C(O)Cc1cc(O)c(C(=O)Nc2ccc(O)c(C(=O)O)c2)cc1O. The molecule has 2 aromatic rings. The molecule has 0 aliphatic rings. The van der Waals surface area contributed by atoms with E-state index in [1.807, 2.05) is 0 Å². The van der Waals surface area contributed by atoms with Crippen LogP contribution in [0.1, 0.15) is 26.3 Å². The number of amides is 1. The molecule has 9 heteroatoms. The van der Waals surface area contributed by atoms with Crippen LogP contribution in [0.4, 0.5) is 5.69 Å². The lowest BCUT2D eigenvalue weighted by Crippen LogP contribution is -2.13. The summed E-state index contributed by atoms with van der Waals surface area (Å²) in [5, 5.41) is 49.0. The minimum Gasteiger partial charge on any atom is -0.508 e. The lowest BCUT2D eigenvalue weighted by atomic mass is 10.1. The van der Waals surface area contributed by atoms with Crippen LogP contribution in [0.15, 0.2) is 30.3 Å². The van der Waals surface area contributed by atoms with Crippen molar-refractivity contribution in [2.45, 2.75) is 6.42 Å². The molecule has 6 N–H and O–H groups in total. The van der Waals surface area contributed by atoms with Crippen molar-refractivity contribution >= 4 is 23.5 Å². The molecule has 2 aromatic carbocycles. The number of phenolic OH excluding ortho intramolecular Hbond substituents is 2. The van der Waals surface area contributed by atoms with Crippen molar-refractivity contribution in [3.63, 3.8) is 0 Å². The van der Waals surface area contributed by atoms with Crippen molar-refractivity contribution < 1.29 is 39.9 Å². The van der Waals surface area contributed by atoms with E-state index in [0.29, 0.717) is 0 Å². The summed E-state index contributed by atoms with van der Waals surface area (Å²) in [7, 11) is 0. The fraction of sp³-hybridized carbons (Fsp3) is 0.0625. The molecule has 0 saturated carbocycles. The smallest absolute Gasteiger partial charge is 0.339 e. The van der Waals surface area contributed by atoms with Crippen LogP contribution in [0.2, 0.25) is 0 Å². The maximum absolute atomic E-state index is 12.2. The topological polar surface area (TPSA) is 164 Å². The molecule has 0 aromatic heterocycles. The molecule has 0 bridgehead atoms. The van der Waals surface area contributed by atoms with E-state index in [1.165, 1.54) is 6.07 Å². The predicted molar refractivity (Wildman–Crippen MR) is 84.1 cm³/mol. The van der Waals surface area contributed by atoms with Gasteiger partial charge in [-0.2, -0.15) is 0 Å². The van der Waals surface area contributed by atoms with Gasteiger partial charge < -0.3 is 30.8 Å². The van der Waals surface area contributed by atoms with Crippen molar-refractivity contribution in [3.05, 3.63) is 47.0 Å². The van der Waals surface area contributed by atoms with Crippen LogP contribution in [0.25, 0.3) is 0 Å². The molecule has 0 aliphatic heterocycles. The number of aliphatic carboxylic acids is 1. The van der Waals surface area contributed by atoms with Crippen LogP contribution < -0.4 is 5.32 Å². The minimum absolute atomic E-state index is 0.0358. The number of hydrogen-bond acceptors (Lipinski definition) is 6. The van der Waals surface area contributed by atoms with Gasteiger partial charge in [-0.3, -0.25) is 9.59 Å². The number of carbonyl (C=O) groups is 3. The van der Waals surface area contributed by atoms with E-state index < -0.39 is 47.1 Å². The Hall–Kier alpha value is -3.75. The number of benzene rings is 2. The van der Waals surface area contributed by atoms with Gasteiger partial charge in [-0.1, -0.05) is 0 Å². The Morgan fingerprint density at radius 1 is 0.840 bits per heavy atom. The number of carboxylic acid groups (broad SMARTS) is 2. The first-order valence-electron chi connectivity index (χ1n) is 6.83. The highest BCUT2D eigenvalue weighted by atomic mass is 16.4. The minimum atomic E-state index is -1.40. The normalized spacial score (nSPS) is 10.2. The maximum atomic E-state index is 12.2. The highest BCUT2D eigenvalue weighted by molar-refractivity contribution is 6.07. The second-order valence-corrected chi connectivity index (χ2v) is 5.06. The Kier molecular flexibility index (Phi) is 4.78. The Morgan fingerprint density at radius 3 is 2.12 bits per heavy atom. The van der Waals surface area contributed by atoms with E-state index in [4.69, 9.17) is 10.2 Å². The van der Waals surface area contributed by atoms with Crippen molar-refractivity contribution in [1.29, 1.82) is 0 Å². The van der Waals surface area contributed by atoms with E-state index in [1.54, 1.807) is 0 Å². The molecular formula is C16H13NO8. The van der Waals surface area contributed by atoms with Gasteiger partial charge >= 0.3 is 11.9 Å². The number of phenols is 3. The summed E-state index contributed by atoms with van der Waals surface area (Å²) in [4.78, 5) is 33.8. The third-order valence-electron chi connectivity index (χ3n) is 3.27. The molecule has 0 aliphatic carbocycles. The van der Waals surface area contributed by atoms with Crippen molar-refractivity contribution in [1.82, 2.24) is 0 Å². The van der Waals surface area contributed by atoms with Crippen LogP contribution in [0, 0.1) is 0 Å². The predicted octanol–water partition coefficient (Wildman–Crippen LogP) is 1.38. The number of hydrogen-bond donors (Lipinski definition) is 6. The van der Waals surface area contributed by atoms with Gasteiger partial charge in [-0.05, 0) is 30.3 Å². The Labute approximate surface area is 140 Å². The Balaban J connectivity index is 2.30. The van der Waals surface area contributed by atoms with Gasteiger partial charge in [-0.25, -0.2) is 4.79 Å². The fourth-order valence-electron chi connectivity index (χ4n) is 2.09. The van der Waals surface area contributed by atoms with Crippen LogP contribution >= 0.6 is 0 Å². The van der Waals surface area contributed by atoms with Crippen LogP contribution in [0.3, 0.4) is 0 Å². The zero-order valence-corrected chi connectivity index (χ0v) is 12.6. The Morgan fingerprint density at radius 2 is 1.52 bits per heavy atom. The van der Waals surface area contributed by atoms with Gasteiger partial charge in [0.2, 0.25) is 0 Å². The molecule has 0 atom stereocenters. The highest BCUT2D eigenvalue weighted by Crippen LogP contribution is 2.29. The van der Waals surface area contributed by atoms with E-state index in [0.717, 1.165) is 24.3 Å². The molecule has 25 heavy (non-hydrogen) atoms. The average Bonchev–Trinajstić information content (AvgIpc) is 2.51. The van der Waals surface area contributed by atoms with Crippen LogP contribution in [0.5, 0.6) is 17.2 Å². The molecule has 0 unspecified atom stereocenters. The maximum Gasteiger partial charge on any atom is 0.339 e. The van der Waals surface area contributed by atoms with E-state index >= 15 is 0 Å². The summed E-state index contributed by atoms with van der Waals surface area (Å²) in [6.07, 6.45) is -0.540. The summed E-state index contributed by atoms with van der Waals surface area (Å²) in [5.41, 5.74) is -0.800. The van der Waals surface area contributed by atoms with Crippen molar-refractivity contribution in [2.24, 2.45) is 0 Å². The van der Waals surface area contributed by atoms with E-state index in [-0.39, 0.29) is 16.8 Å². The fourth-order valence-corrected chi connectivity index (χ4v) is 2.09. The van der Waals surface area contributed by atoms with Gasteiger partial charge in [0, 0.05) is 11.3 Å². The molecule has 0 spiro atoms. The molecular weight excluding hydrogens is 334 g/mol. The summed E-state index contributed by atoms with van der Waals surface area (Å²) >= 11 is 0. The first-order chi connectivity index (χ1) is 11.7. The number of nitrogens with one attached hydrogen (secondary N) is 1. The molecule has 9 nitrogen and oxygen atoms in total. The second-order valence-electron chi connectivity index (χ2n) is 5.06. The first-order valence-corrected chi connectivity index (χ1v) is 6.83. The molecule has 2 rings (SSSR count). The van der Waals surface area contributed by atoms with Crippen molar-refractivity contribution in [3.8, 4) is 17.2 Å². The lowest BCUT2D eigenvalue weighted by Gasteiger charge is -2.10. The zero-order valence-electron chi connectivity index (χ0n) is 12.6. The molecule has 0 heterocycles. The van der Waals surface area contributed by atoms with Gasteiger partial charge in [0.25, 0.3) is 5.91 Å². The number of anilines is 1. The molecule has 1 amide bonds. The molecule has 0 fully saturated rings. The summed E-state index contributed by atoms with van der Waals surface area (Å²) < 4.78 is 0. The molecule has 130 valence electrons. The zero-order chi connectivity index (χ0) is 18.7. The van der Waals surface area contributed by atoms with E-state index in [9.17, 15) is 29.7 Å². The number of carboxylic acids is 2. The average molecular weight is 347 g/mol. The number of carbonyl (C=O) groups excluding carboxylic acids is 1. The summed E-state index contributed by atoms with van der Waals surface area (Å²) in [5.74, 6) is -5.00. The molecule has 0 saturated heterocycles. The second kappa shape index (κ2) is 6.79. The van der Waals surface area contributed by atoms with E-state index in [2.05, 4.69) is 5.32 Å². The van der Waals surface area contributed by atoms with Gasteiger partial charge in [0.05, 0.1) is 12.0 Å². The molecule has 0 radical (unpaired) electrons. The van der Waals surface area contributed by atoms with Gasteiger partial charge in [-0.15, -0.1) is 0 Å². The number of rotatable bonds is 5. The van der Waals surface area contributed by atoms with Gasteiger partial charge in [0.15, 0.2) is 0 Å². The lowest BCUT2D eigenvalue weighted by molar-refractivity contribution is -0.136. The standard InChI is InChI=1S/C16H13NO8/c18-11-2-1-8(5-10(11)16(24)25)17-15(23)9-6-12(19)7(3-13(9)20)4-14(21)22/h1-3,5-6,18-20H,4H2,(H,17,23)(H,21,22)(H,24,25). The van der Waals surface area contributed by atoms with Crippen molar-refractivity contribution in [2.75, 3.05) is 5.32 Å². The Bertz CT molecular complexity index is 875. The quantitative estimate of drug-likeness (QED) is 0.441. The number of aromatic carboxylic acids is 1. The third-order valence-corrected chi connectivity index (χ3v) is 3.27. The third kappa shape index (κ3) is 3.96. The number of aromatic hydroxyl groups is 3. The summed E-state index contributed by atoms with van der Waals surface area (Å²) in [6, 6.07) is 5.20.